The molecule has 0 bridgehead atoms. The Morgan fingerprint density at radius 3 is 2.85 bits per heavy atom. The van der Waals surface area contributed by atoms with Crippen molar-refractivity contribution in [2.75, 3.05) is 5.75 Å². The number of aromatic nitrogens is 1. The van der Waals surface area contributed by atoms with Gasteiger partial charge in [0.15, 0.2) is 0 Å². The van der Waals surface area contributed by atoms with E-state index in [1.165, 1.54) is 24.6 Å². The van der Waals surface area contributed by atoms with Gasteiger partial charge in [0.1, 0.15) is 0 Å². The van der Waals surface area contributed by atoms with Crippen LogP contribution in [0.2, 0.25) is 5.02 Å². The van der Waals surface area contributed by atoms with E-state index < -0.39 is 0 Å². The molecule has 0 spiro atoms. The van der Waals surface area contributed by atoms with E-state index in [0.717, 1.165) is 22.2 Å². The van der Waals surface area contributed by atoms with Crippen molar-refractivity contribution < 1.29 is 4.79 Å². The predicted molar refractivity (Wildman–Crippen MR) is 109 cm³/mol. The Morgan fingerprint density at radius 2 is 2.08 bits per heavy atom. The molecule has 0 aliphatic heterocycles. The highest BCUT2D eigenvalue weighted by Gasteiger charge is 2.28. The molecule has 1 fully saturated rings. The number of hydrogen-bond acceptors (Lipinski definition) is 3. The van der Waals surface area contributed by atoms with E-state index in [1.54, 1.807) is 23.7 Å². The van der Waals surface area contributed by atoms with Crippen molar-refractivity contribution in [2.24, 2.45) is 18.9 Å². The van der Waals surface area contributed by atoms with Crippen molar-refractivity contribution in [1.82, 2.24) is 9.88 Å². The number of thioether (sulfide) groups is 1. The van der Waals surface area contributed by atoms with Crippen molar-refractivity contribution in [3.05, 3.63) is 39.6 Å². The van der Waals surface area contributed by atoms with Crippen LogP contribution < -0.4 is 10.9 Å². The molecule has 3 rings (SSSR count). The van der Waals surface area contributed by atoms with E-state index in [2.05, 4.69) is 19.2 Å². The predicted octanol–water partition coefficient (Wildman–Crippen LogP) is 4.22. The van der Waals surface area contributed by atoms with Crippen molar-refractivity contribution in [3.8, 4) is 0 Å². The maximum atomic E-state index is 12.4. The molecule has 0 saturated heterocycles. The van der Waals surface area contributed by atoms with Gasteiger partial charge in [-0.05, 0) is 30.4 Å². The minimum atomic E-state index is -0.0996. The maximum Gasteiger partial charge on any atom is 0.251 e. The summed E-state index contributed by atoms with van der Waals surface area (Å²) in [6.45, 7) is 4.48. The van der Waals surface area contributed by atoms with Gasteiger partial charge in [-0.2, -0.15) is 0 Å². The first-order valence-corrected chi connectivity index (χ1v) is 10.4. The second-order valence-corrected chi connectivity index (χ2v) is 8.75. The van der Waals surface area contributed by atoms with E-state index in [9.17, 15) is 9.59 Å². The van der Waals surface area contributed by atoms with Gasteiger partial charge in [-0.15, -0.1) is 11.8 Å². The highest BCUT2D eigenvalue weighted by atomic mass is 35.5. The van der Waals surface area contributed by atoms with E-state index in [0.29, 0.717) is 22.6 Å². The number of amides is 1. The Bertz CT molecular complexity index is 880. The van der Waals surface area contributed by atoms with Crippen LogP contribution in [0.1, 0.15) is 33.1 Å². The molecule has 1 aromatic heterocycles. The molecule has 1 aliphatic rings. The van der Waals surface area contributed by atoms with Gasteiger partial charge in [-0.3, -0.25) is 9.59 Å². The third-order valence-electron chi connectivity index (χ3n) is 5.58. The summed E-state index contributed by atoms with van der Waals surface area (Å²) in [5.74, 6) is 1.49. The average molecular weight is 393 g/mol. The lowest BCUT2D eigenvalue weighted by atomic mass is 9.78. The van der Waals surface area contributed by atoms with Crippen LogP contribution in [-0.2, 0) is 11.8 Å². The van der Waals surface area contributed by atoms with E-state index in [1.807, 2.05) is 12.1 Å². The normalized spacial score (nSPS) is 23.2. The molecule has 1 heterocycles. The number of halogens is 1. The Kier molecular flexibility index (Phi) is 5.98. The van der Waals surface area contributed by atoms with Crippen LogP contribution in [0.4, 0.5) is 0 Å². The molecule has 6 heteroatoms. The molecular weight excluding hydrogens is 368 g/mol. The average Bonchev–Trinajstić information content (AvgIpc) is 2.61. The zero-order chi connectivity index (χ0) is 18.8. The lowest BCUT2D eigenvalue weighted by Crippen LogP contribution is -2.44. The van der Waals surface area contributed by atoms with Gasteiger partial charge in [0.25, 0.3) is 5.56 Å². The highest BCUT2D eigenvalue weighted by molar-refractivity contribution is 8.00. The standard InChI is InChI=1S/C20H25ClN2O2S/c1-12-5-4-6-16(13(12)2)22-19(24)11-26-18-10-20(25)23(3)17-9-14(21)7-8-15(17)18/h7-10,12-13,16H,4-6,11H2,1-3H3,(H,22,24)/t12-,13+,16+/m1/s1. The van der Waals surface area contributed by atoms with Crippen molar-refractivity contribution in [3.63, 3.8) is 0 Å². The Morgan fingerprint density at radius 1 is 1.31 bits per heavy atom. The molecular formula is C20H25ClN2O2S. The van der Waals surface area contributed by atoms with Gasteiger partial charge in [0.05, 0.1) is 11.3 Å². The smallest absolute Gasteiger partial charge is 0.251 e. The summed E-state index contributed by atoms with van der Waals surface area (Å²) in [6, 6.07) is 7.35. The minimum absolute atomic E-state index is 0.0312. The summed E-state index contributed by atoms with van der Waals surface area (Å²) >= 11 is 7.48. The monoisotopic (exact) mass is 392 g/mol. The number of pyridine rings is 1. The molecule has 1 aliphatic carbocycles. The molecule has 0 unspecified atom stereocenters. The fourth-order valence-electron chi connectivity index (χ4n) is 3.69. The van der Waals surface area contributed by atoms with Crippen LogP contribution in [-0.4, -0.2) is 22.3 Å². The van der Waals surface area contributed by atoms with E-state index in [4.69, 9.17) is 11.6 Å². The van der Waals surface area contributed by atoms with Gasteiger partial charge < -0.3 is 9.88 Å². The SMILES string of the molecule is C[C@H]1[C@H](C)CCC[C@@H]1NC(=O)CSc1cc(=O)n(C)c2cc(Cl)ccc12. The zero-order valence-electron chi connectivity index (χ0n) is 15.4. The number of nitrogens with one attached hydrogen (secondary N) is 1. The molecule has 2 aromatic rings. The summed E-state index contributed by atoms with van der Waals surface area (Å²) < 4.78 is 1.58. The largest absolute Gasteiger partial charge is 0.352 e. The van der Waals surface area contributed by atoms with Gasteiger partial charge in [-0.25, -0.2) is 0 Å². The van der Waals surface area contributed by atoms with Gasteiger partial charge in [0, 0.05) is 34.5 Å². The van der Waals surface area contributed by atoms with Crippen LogP contribution in [0, 0.1) is 11.8 Å². The Labute approximate surface area is 163 Å². The first kappa shape index (κ1) is 19.3. The molecule has 140 valence electrons. The Balaban J connectivity index is 1.72. The van der Waals surface area contributed by atoms with Crippen molar-refractivity contribution in [2.45, 2.75) is 44.0 Å². The molecule has 4 nitrogen and oxygen atoms in total. The number of nitrogens with zero attached hydrogens (tertiary/aromatic N) is 1. The number of fused-ring (bicyclic) bond motifs is 1. The molecule has 1 saturated carbocycles. The fourth-order valence-corrected chi connectivity index (χ4v) is 4.74. The van der Waals surface area contributed by atoms with Gasteiger partial charge in [-0.1, -0.05) is 44.4 Å². The number of hydrogen-bond donors (Lipinski definition) is 1. The van der Waals surface area contributed by atoms with Crippen LogP contribution >= 0.6 is 23.4 Å². The molecule has 26 heavy (non-hydrogen) atoms. The maximum absolute atomic E-state index is 12.4. The first-order valence-electron chi connectivity index (χ1n) is 9.08. The van der Waals surface area contributed by atoms with E-state index in [-0.39, 0.29) is 17.5 Å². The molecule has 1 aromatic carbocycles. The lowest BCUT2D eigenvalue weighted by molar-refractivity contribution is -0.119. The number of rotatable bonds is 4. The zero-order valence-corrected chi connectivity index (χ0v) is 17.0. The minimum Gasteiger partial charge on any atom is -0.352 e. The summed E-state index contributed by atoms with van der Waals surface area (Å²) in [7, 11) is 1.73. The number of benzene rings is 1. The molecule has 3 atom stereocenters. The Hall–Kier alpha value is -1.46. The van der Waals surface area contributed by atoms with Crippen LogP contribution in [0.3, 0.4) is 0 Å². The number of aryl methyl sites for hydroxylation is 1. The van der Waals surface area contributed by atoms with E-state index >= 15 is 0 Å². The van der Waals surface area contributed by atoms with Crippen molar-refractivity contribution in [1.29, 1.82) is 0 Å². The lowest BCUT2D eigenvalue weighted by Gasteiger charge is -2.34. The van der Waals surface area contributed by atoms with Crippen LogP contribution in [0.25, 0.3) is 10.9 Å². The summed E-state index contributed by atoms with van der Waals surface area (Å²) in [5.41, 5.74) is 0.681. The fraction of sp³-hybridized carbons (Fsp3) is 0.500. The van der Waals surface area contributed by atoms with Gasteiger partial charge >= 0.3 is 0 Å². The topological polar surface area (TPSA) is 51.1 Å². The summed E-state index contributed by atoms with van der Waals surface area (Å²) in [4.78, 5) is 25.5. The molecule has 0 radical (unpaired) electrons. The third kappa shape index (κ3) is 4.09. The molecule has 1 amide bonds. The van der Waals surface area contributed by atoms with Crippen LogP contribution in [0.15, 0.2) is 34.0 Å². The third-order valence-corrected chi connectivity index (χ3v) is 6.87. The van der Waals surface area contributed by atoms with Crippen molar-refractivity contribution >= 4 is 40.2 Å². The van der Waals surface area contributed by atoms with Gasteiger partial charge in [0.2, 0.25) is 5.91 Å². The number of carbonyl (C=O) groups is 1. The summed E-state index contributed by atoms with van der Waals surface area (Å²) in [6.07, 6.45) is 3.46. The first-order chi connectivity index (χ1) is 12.4. The second-order valence-electron chi connectivity index (χ2n) is 7.30. The number of carbonyl (C=O) groups excluding carboxylic acids is 1. The second kappa shape index (κ2) is 8.05. The van der Waals surface area contributed by atoms with Crippen LogP contribution in [0.5, 0.6) is 0 Å². The highest BCUT2D eigenvalue weighted by Crippen LogP contribution is 2.30. The molecule has 1 N–H and O–H groups in total. The summed E-state index contributed by atoms with van der Waals surface area (Å²) in [5, 5.41) is 4.72. The quantitative estimate of drug-likeness (QED) is 0.792.